The first-order chi connectivity index (χ1) is 2.81. The van der Waals surface area contributed by atoms with Crippen molar-refractivity contribution in [1.29, 1.82) is 0 Å². The second-order valence-corrected chi connectivity index (χ2v) is 0.823. The Morgan fingerprint density at radius 1 is 2.00 bits per heavy atom. The Morgan fingerprint density at radius 2 is 2.50 bits per heavy atom. The Labute approximate surface area is 36.4 Å². The molecule has 0 aromatic carbocycles. The highest BCUT2D eigenvalue weighted by atomic mass is 19.1. The van der Waals surface area contributed by atoms with E-state index in [0.29, 0.717) is 0 Å². The van der Waals surface area contributed by atoms with Crippen molar-refractivity contribution >= 4 is 0 Å². The highest BCUT2D eigenvalue weighted by Gasteiger charge is 1.89. The van der Waals surface area contributed by atoms with Gasteiger partial charge in [0, 0.05) is 7.11 Å². The third kappa shape index (κ3) is 1.91. The van der Waals surface area contributed by atoms with E-state index >= 15 is 0 Å². The van der Waals surface area contributed by atoms with Crippen LogP contribution in [-0.2, 0) is 4.74 Å². The van der Waals surface area contributed by atoms with Gasteiger partial charge in [-0.15, -0.1) is 0 Å². The third-order valence-electron chi connectivity index (χ3n) is 0.410. The van der Waals surface area contributed by atoms with Gasteiger partial charge in [-0.3, -0.25) is 0 Å². The number of hydrogen-bond acceptors (Lipinski definition) is 1. The fraction of sp³-hybridized carbons (Fsp3) is 0.500. The molecule has 1 nitrogen and oxygen atoms in total. The maximum Gasteiger partial charge on any atom is 0.217 e. The van der Waals surface area contributed by atoms with E-state index in [1.54, 1.807) is 0 Å². The van der Waals surface area contributed by atoms with Crippen molar-refractivity contribution in [2.24, 2.45) is 0 Å². The van der Waals surface area contributed by atoms with Crippen LogP contribution in [0.15, 0.2) is 12.7 Å². The minimum absolute atomic E-state index is 1.08. The minimum atomic E-state index is -1.30. The summed E-state index contributed by atoms with van der Waals surface area (Å²) in [6.07, 6.45) is -0.218. The summed E-state index contributed by atoms with van der Waals surface area (Å²) < 4.78 is 15.6. The first-order valence-corrected chi connectivity index (χ1v) is 1.60. The van der Waals surface area contributed by atoms with Gasteiger partial charge in [0.2, 0.25) is 6.36 Å². The SMILES string of the molecule is C=CC(F)OC. The lowest BCUT2D eigenvalue weighted by Gasteiger charge is -1.92. The molecule has 0 fully saturated rings. The summed E-state index contributed by atoms with van der Waals surface area (Å²) in [5, 5.41) is 0. The van der Waals surface area contributed by atoms with E-state index in [9.17, 15) is 4.39 Å². The quantitative estimate of drug-likeness (QED) is 0.461. The maximum absolute atomic E-state index is 11.5. The van der Waals surface area contributed by atoms with Crippen LogP contribution in [0.5, 0.6) is 0 Å². The first-order valence-electron chi connectivity index (χ1n) is 1.60. The van der Waals surface area contributed by atoms with Crippen LogP contribution in [0, 0.1) is 0 Å². The molecule has 0 bridgehead atoms. The van der Waals surface area contributed by atoms with Gasteiger partial charge in [-0.1, -0.05) is 6.58 Å². The van der Waals surface area contributed by atoms with Crippen LogP contribution in [0.1, 0.15) is 0 Å². The smallest absolute Gasteiger partial charge is 0.217 e. The number of hydrogen-bond donors (Lipinski definition) is 0. The fourth-order valence-electron chi connectivity index (χ4n) is 0.0962. The zero-order chi connectivity index (χ0) is 4.99. The van der Waals surface area contributed by atoms with Gasteiger partial charge >= 0.3 is 0 Å². The summed E-state index contributed by atoms with van der Waals surface area (Å²) in [6.45, 7) is 3.13. The number of rotatable bonds is 2. The van der Waals surface area contributed by atoms with Crippen LogP contribution in [0.3, 0.4) is 0 Å². The molecule has 2 heteroatoms. The standard InChI is InChI=1S/C4H7FO/c1-3-4(5)6-2/h3-4H,1H2,2H3. The van der Waals surface area contributed by atoms with E-state index in [-0.39, 0.29) is 0 Å². The molecule has 36 valence electrons. The van der Waals surface area contributed by atoms with Gasteiger partial charge < -0.3 is 4.74 Å². The average molecular weight is 90.1 g/mol. The molecule has 0 saturated heterocycles. The third-order valence-corrected chi connectivity index (χ3v) is 0.410. The Hall–Kier alpha value is -0.370. The normalized spacial score (nSPS) is 13.7. The zero-order valence-corrected chi connectivity index (χ0v) is 3.65. The molecular weight excluding hydrogens is 83.0 g/mol. The molecule has 6 heavy (non-hydrogen) atoms. The van der Waals surface area contributed by atoms with E-state index in [1.807, 2.05) is 0 Å². The van der Waals surface area contributed by atoms with Crippen LogP contribution in [0.25, 0.3) is 0 Å². The van der Waals surface area contributed by atoms with Crippen molar-refractivity contribution in [3.05, 3.63) is 12.7 Å². The molecule has 0 N–H and O–H groups in total. The van der Waals surface area contributed by atoms with Crippen LogP contribution in [0.2, 0.25) is 0 Å². The molecule has 0 aliphatic heterocycles. The summed E-state index contributed by atoms with van der Waals surface area (Å²) in [5.74, 6) is 0. The summed E-state index contributed by atoms with van der Waals surface area (Å²) >= 11 is 0. The topological polar surface area (TPSA) is 9.23 Å². The van der Waals surface area contributed by atoms with E-state index in [1.165, 1.54) is 7.11 Å². The first kappa shape index (κ1) is 5.63. The van der Waals surface area contributed by atoms with E-state index in [2.05, 4.69) is 11.3 Å². The molecule has 0 aromatic rings. The number of halogens is 1. The summed E-state index contributed by atoms with van der Waals surface area (Å²) in [6, 6.07) is 0. The van der Waals surface area contributed by atoms with Crippen LogP contribution >= 0.6 is 0 Å². The zero-order valence-electron chi connectivity index (χ0n) is 3.65. The van der Waals surface area contributed by atoms with Crippen LogP contribution in [0.4, 0.5) is 4.39 Å². The fourth-order valence-corrected chi connectivity index (χ4v) is 0.0962. The molecule has 1 unspecified atom stereocenters. The van der Waals surface area contributed by atoms with Crippen molar-refractivity contribution in [2.45, 2.75) is 6.36 Å². The minimum Gasteiger partial charge on any atom is -0.348 e. The van der Waals surface area contributed by atoms with E-state index in [4.69, 9.17) is 0 Å². The number of methoxy groups -OCH3 is 1. The molecule has 0 rings (SSSR count). The van der Waals surface area contributed by atoms with Crippen LogP contribution < -0.4 is 0 Å². The van der Waals surface area contributed by atoms with Gasteiger partial charge in [0.15, 0.2) is 0 Å². The second kappa shape index (κ2) is 2.85. The van der Waals surface area contributed by atoms with Crippen molar-refractivity contribution in [2.75, 3.05) is 7.11 Å². The Morgan fingerprint density at radius 3 is 2.50 bits per heavy atom. The van der Waals surface area contributed by atoms with Crippen molar-refractivity contribution in [1.82, 2.24) is 0 Å². The van der Waals surface area contributed by atoms with E-state index in [0.717, 1.165) is 6.08 Å². The molecular formula is C4H7FO. The van der Waals surface area contributed by atoms with Crippen LogP contribution in [-0.4, -0.2) is 13.5 Å². The molecule has 0 spiro atoms. The highest BCUT2D eigenvalue weighted by molar-refractivity contribution is 4.68. The predicted octanol–water partition coefficient (Wildman–Crippen LogP) is 1.11. The second-order valence-electron chi connectivity index (χ2n) is 0.823. The molecule has 0 aliphatic rings. The Kier molecular flexibility index (Phi) is 2.67. The average Bonchev–Trinajstić information content (AvgIpc) is 1.65. The van der Waals surface area contributed by atoms with Crippen molar-refractivity contribution < 1.29 is 9.13 Å². The summed E-state index contributed by atoms with van der Waals surface area (Å²) in [7, 11) is 1.28. The maximum atomic E-state index is 11.5. The number of ether oxygens (including phenoxy) is 1. The molecule has 0 aliphatic carbocycles. The lowest BCUT2D eigenvalue weighted by Crippen LogP contribution is -1.94. The van der Waals surface area contributed by atoms with Gasteiger partial charge in [0.05, 0.1) is 0 Å². The van der Waals surface area contributed by atoms with Gasteiger partial charge in [-0.2, -0.15) is 0 Å². The van der Waals surface area contributed by atoms with Gasteiger partial charge in [0.25, 0.3) is 0 Å². The predicted molar refractivity (Wildman–Crippen MR) is 22.1 cm³/mol. The van der Waals surface area contributed by atoms with Gasteiger partial charge in [0.1, 0.15) is 0 Å². The molecule has 0 saturated carbocycles. The lowest BCUT2D eigenvalue weighted by molar-refractivity contribution is 0.0354. The largest absolute Gasteiger partial charge is 0.348 e. The Bertz CT molecular complexity index is 44.8. The van der Waals surface area contributed by atoms with Crippen molar-refractivity contribution in [3.63, 3.8) is 0 Å². The summed E-state index contributed by atoms with van der Waals surface area (Å²) in [5.41, 5.74) is 0. The monoisotopic (exact) mass is 90.0 g/mol. The molecule has 0 aromatic heterocycles. The molecule has 0 radical (unpaired) electrons. The number of alkyl halides is 1. The van der Waals surface area contributed by atoms with E-state index < -0.39 is 6.36 Å². The summed E-state index contributed by atoms with van der Waals surface area (Å²) in [4.78, 5) is 0. The Balaban J connectivity index is 2.96. The highest BCUT2D eigenvalue weighted by Crippen LogP contribution is 1.87. The molecule has 0 amide bonds. The molecule has 1 atom stereocenters. The van der Waals surface area contributed by atoms with Gasteiger partial charge in [-0.05, 0) is 6.08 Å². The molecule has 0 heterocycles. The lowest BCUT2D eigenvalue weighted by atomic mass is 10.7. The van der Waals surface area contributed by atoms with Gasteiger partial charge in [-0.25, -0.2) is 4.39 Å². The van der Waals surface area contributed by atoms with Crippen molar-refractivity contribution in [3.8, 4) is 0 Å².